The molecule has 0 spiro atoms. The fourth-order valence-electron chi connectivity index (χ4n) is 4.25. The Balaban J connectivity index is 1.75. The van der Waals surface area contributed by atoms with Gasteiger partial charge in [0.2, 0.25) is 11.8 Å². The smallest absolute Gasteiger partial charge is 0.377 e. The number of fused-ring (bicyclic) bond motifs is 1. The number of aromatic nitrogens is 2. The zero-order valence-electron chi connectivity index (χ0n) is 17.6. The standard InChI is InChI=1S/C19H25F4N5O4/c1-12-11-31-9-7-25(12)16-15(20)17(30)26-6-4-13(19(21,22)23)27(18(26)24-16)10-14(29)28-5-2-3-8-32-28/h12-13H,2-11H2,1H3. The normalized spacial score (nSPS) is 24.5. The number of rotatable bonds is 3. The average Bonchev–Trinajstić information content (AvgIpc) is 2.76. The predicted octanol–water partition coefficient (Wildman–Crippen LogP) is 1.30. The molecule has 3 aliphatic rings. The summed E-state index contributed by atoms with van der Waals surface area (Å²) in [7, 11) is 0. The molecule has 4 rings (SSSR count). The lowest BCUT2D eigenvalue weighted by Crippen LogP contribution is -2.56. The number of hydrogen-bond donors (Lipinski definition) is 0. The molecular weight excluding hydrogens is 438 g/mol. The number of alkyl halides is 3. The number of hydroxylamine groups is 2. The second-order valence-electron chi connectivity index (χ2n) is 8.13. The van der Waals surface area contributed by atoms with Crippen molar-refractivity contribution in [3.8, 4) is 0 Å². The summed E-state index contributed by atoms with van der Waals surface area (Å²) < 4.78 is 62.7. The van der Waals surface area contributed by atoms with E-state index < -0.39 is 42.5 Å². The summed E-state index contributed by atoms with van der Waals surface area (Å²) in [6.07, 6.45) is -3.75. The molecule has 3 aliphatic heterocycles. The van der Waals surface area contributed by atoms with Crippen molar-refractivity contribution in [3.05, 3.63) is 16.2 Å². The first-order valence-corrected chi connectivity index (χ1v) is 10.6. The Hall–Kier alpha value is -2.41. The molecule has 0 saturated carbocycles. The first-order valence-electron chi connectivity index (χ1n) is 10.6. The van der Waals surface area contributed by atoms with Crippen LogP contribution in [-0.4, -0.2) is 78.2 Å². The van der Waals surface area contributed by atoms with E-state index in [-0.39, 0.29) is 50.7 Å². The van der Waals surface area contributed by atoms with Gasteiger partial charge in [-0.3, -0.25) is 19.0 Å². The number of morpholine rings is 1. The quantitative estimate of drug-likeness (QED) is 0.626. The first-order chi connectivity index (χ1) is 15.2. The molecule has 0 aromatic carbocycles. The van der Waals surface area contributed by atoms with Crippen molar-refractivity contribution in [2.24, 2.45) is 0 Å². The first kappa shape index (κ1) is 22.8. The maximum Gasteiger partial charge on any atom is 0.408 e. The predicted molar refractivity (Wildman–Crippen MR) is 105 cm³/mol. The van der Waals surface area contributed by atoms with Crippen LogP contribution in [0.3, 0.4) is 0 Å². The molecule has 4 heterocycles. The van der Waals surface area contributed by atoms with Crippen molar-refractivity contribution >= 4 is 17.7 Å². The summed E-state index contributed by atoms with van der Waals surface area (Å²) in [5, 5.41) is 1.04. The van der Waals surface area contributed by atoms with Crippen molar-refractivity contribution in [2.45, 2.75) is 51.0 Å². The van der Waals surface area contributed by atoms with Crippen LogP contribution in [0.4, 0.5) is 29.3 Å². The summed E-state index contributed by atoms with van der Waals surface area (Å²) in [6, 6.07) is -2.37. The molecule has 178 valence electrons. The van der Waals surface area contributed by atoms with Crippen LogP contribution in [0.15, 0.2) is 4.79 Å². The number of nitrogens with zero attached hydrogens (tertiary/aromatic N) is 5. The molecule has 9 nitrogen and oxygen atoms in total. The summed E-state index contributed by atoms with van der Waals surface area (Å²) in [6.45, 7) is 2.02. The molecule has 1 aromatic heterocycles. The molecule has 0 aliphatic carbocycles. The molecule has 1 aromatic rings. The van der Waals surface area contributed by atoms with Gasteiger partial charge in [0.25, 0.3) is 11.5 Å². The molecule has 13 heteroatoms. The average molecular weight is 463 g/mol. The second-order valence-corrected chi connectivity index (χ2v) is 8.13. The number of halogens is 4. The maximum absolute atomic E-state index is 14.9. The Morgan fingerprint density at radius 3 is 2.62 bits per heavy atom. The van der Waals surface area contributed by atoms with Gasteiger partial charge >= 0.3 is 6.18 Å². The van der Waals surface area contributed by atoms with E-state index in [0.717, 1.165) is 21.0 Å². The van der Waals surface area contributed by atoms with E-state index in [4.69, 9.17) is 9.57 Å². The number of ether oxygens (including phenoxy) is 1. The zero-order chi connectivity index (χ0) is 23.0. The summed E-state index contributed by atoms with van der Waals surface area (Å²) in [4.78, 5) is 37.1. The van der Waals surface area contributed by atoms with Gasteiger partial charge in [-0.2, -0.15) is 22.5 Å². The van der Waals surface area contributed by atoms with E-state index in [2.05, 4.69) is 4.98 Å². The largest absolute Gasteiger partial charge is 0.408 e. The van der Waals surface area contributed by atoms with Crippen molar-refractivity contribution in [2.75, 3.05) is 49.3 Å². The van der Waals surface area contributed by atoms with Crippen LogP contribution < -0.4 is 15.4 Å². The Bertz CT molecular complexity index is 918. The van der Waals surface area contributed by atoms with Gasteiger partial charge in [0.1, 0.15) is 12.6 Å². The Morgan fingerprint density at radius 2 is 1.97 bits per heavy atom. The minimum atomic E-state index is -4.67. The van der Waals surface area contributed by atoms with Crippen molar-refractivity contribution < 1.29 is 31.9 Å². The number of carbonyl (C=O) groups excluding carboxylic acids is 1. The number of carbonyl (C=O) groups is 1. The van der Waals surface area contributed by atoms with Gasteiger partial charge in [-0.05, 0) is 26.2 Å². The monoisotopic (exact) mass is 463 g/mol. The van der Waals surface area contributed by atoms with Crippen LogP contribution in [0.25, 0.3) is 0 Å². The van der Waals surface area contributed by atoms with Crippen LogP contribution in [0.1, 0.15) is 26.2 Å². The van der Waals surface area contributed by atoms with E-state index in [1.54, 1.807) is 6.92 Å². The van der Waals surface area contributed by atoms with Crippen LogP contribution in [0.5, 0.6) is 0 Å². The molecule has 0 N–H and O–H groups in total. The second kappa shape index (κ2) is 8.85. The summed E-state index contributed by atoms with van der Waals surface area (Å²) >= 11 is 0. The van der Waals surface area contributed by atoms with Gasteiger partial charge in [0.05, 0.1) is 25.9 Å². The summed E-state index contributed by atoms with van der Waals surface area (Å²) in [5.41, 5.74) is -1.06. The molecule has 2 fully saturated rings. The molecule has 2 saturated heterocycles. The Morgan fingerprint density at radius 1 is 1.19 bits per heavy atom. The molecular formula is C19H25F4N5O4. The highest BCUT2D eigenvalue weighted by Gasteiger charge is 2.48. The molecule has 0 bridgehead atoms. The van der Waals surface area contributed by atoms with Gasteiger partial charge in [0.15, 0.2) is 5.82 Å². The lowest BCUT2D eigenvalue weighted by molar-refractivity contribution is -0.196. The highest BCUT2D eigenvalue weighted by Crippen LogP contribution is 2.35. The molecule has 2 atom stereocenters. The van der Waals surface area contributed by atoms with Gasteiger partial charge in [-0.15, -0.1) is 0 Å². The van der Waals surface area contributed by atoms with Crippen molar-refractivity contribution in [3.63, 3.8) is 0 Å². The molecule has 32 heavy (non-hydrogen) atoms. The lowest BCUT2D eigenvalue weighted by atomic mass is 10.1. The van der Waals surface area contributed by atoms with Crippen LogP contribution in [0, 0.1) is 5.82 Å². The van der Waals surface area contributed by atoms with Gasteiger partial charge in [0, 0.05) is 19.6 Å². The van der Waals surface area contributed by atoms with Crippen LogP contribution >= 0.6 is 0 Å². The van der Waals surface area contributed by atoms with Crippen LogP contribution in [-0.2, 0) is 20.9 Å². The highest BCUT2D eigenvalue weighted by atomic mass is 19.4. The fraction of sp³-hybridized carbons (Fsp3) is 0.737. The number of anilines is 2. The van der Waals surface area contributed by atoms with E-state index in [1.165, 1.54) is 4.90 Å². The Kier molecular flexibility index (Phi) is 6.30. The highest BCUT2D eigenvalue weighted by molar-refractivity contribution is 5.80. The van der Waals surface area contributed by atoms with E-state index in [1.807, 2.05) is 0 Å². The topological polar surface area (TPSA) is 80.1 Å². The van der Waals surface area contributed by atoms with Gasteiger partial charge in [-0.25, -0.2) is 5.06 Å². The third-order valence-corrected chi connectivity index (χ3v) is 5.94. The number of hydrogen-bond acceptors (Lipinski definition) is 7. The molecule has 2 unspecified atom stereocenters. The van der Waals surface area contributed by atoms with Gasteiger partial charge < -0.3 is 14.5 Å². The Labute approximate surface area is 181 Å². The van der Waals surface area contributed by atoms with E-state index >= 15 is 0 Å². The molecule has 1 amide bonds. The third-order valence-electron chi connectivity index (χ3n) is 5.94. The third kappa shape index (κ3) is 4.27. The van der Waals surface area contributed by atoms with Crippen LogP contribution in [0.2, 0.25) is 0 Å². The fourth-order valence-corrected chi connectivity index (χ4v) is 4.25. The van der Waals surface area contributed by atoms with Crippen molar-refractivity contribution in [1.82, 2.24) is 14.6 Å². The number of amides is 1. The summed E-state index contributed by atoms with van der Waals surface area (Å²) in [5.74, 6) is -2.50. The minimum absolute atomic E-state index is 0.233. The van der Waals surface area contributed by atoms with E-state index in [0.29, 0.717) is 13.0 Å². The van der Waals surface area contributed by atoms with Crippen molar-refractivity contribution in [1.29, 1.82) is 0 Å². The zero-order valence-corrected chi connectivity index (χ0v) is 17.6. The minimum Gasteiger partial charge on any atom is -0.377 e. The lowest BCUT2D eigenvalue weighted by Gasteiger charge is -2.40. The van der Waals surface area contributed by atoms with Gasteiger partial charge in [-0.1, -0.05) is 0 Å². The SMILES string of the molecule is CC1COCCN1c1nc2n(c(=O)c1F)CCC(C(F)(F)F)N2CC(=O)N1CCCCO1. The maximum atomic E-state index is 14.9. The molecule has 0 radical (unpaired) electrons. The van der Waals surface area contributed by atoms with E-state index in [9.17, 15) is 27.2 Å².